The molecule has 4 rings (SSSR count). The second-order valence-electron chi connectivity index (χ2n) is 8.07. The Bertz CT molecular complexity index is 1380. The summed E-state index contributed by atoms with van der Waals surface area (Å²) in [7, 11) is 3.35. The van der Waals surface area contributed by atoms with Crippen molar-refractivity contribution in [3.05, 3.63) is 81.6 Å². The highest BCUT2D eigenvalue weighted by Gasteiger charge is 2.20. The molecule has 0 saturated heterocycles. The molecule has 0 bridgehead atoms. The van der Waals surface area contributed by atoms with E-state index < -0.39 is 0 Å². The topological polar surface area (TPSA) is 80.7 Å². The Kier molecular flexibility index (Phi) is 6.78. The molecular formula is C26H28N4O3. The Hall–Kier alpha value is -3.60. The van der Waals surface area contributed by atoms with Crippen molar-refractivity contribution in [3.63, 3.8) is 0 Å². The fourth-order valence-electron chi connectivity index (χ4n) is 4.27. The van der Waals surface area contributed by atoms with E-state index in [1.165, 1.54) is 11.6 Å². The van der Waals surface area contributed by atoms with Gasteiger partial charge in [-0.25, -0.2) is 0 Å². The highest BCUT2D eigenvalue weighted by molar-refractivity contribution is 5.84. The van der Waals surface area contributed by atoms with Gasteiger partial charge in [-0.1, -0.05) is 24.3 Å². The number of nitrogens with zero attached hydrogens (tertiary/aromatic N) is 3. The third-order valence-corrected chi connectivity index (χ3v) is 5.99. The third kappa shape index (κ3) is 4.49. The first-order chi connectivity index (χ1) is 16.1. The normalized spacial score (nSPS) is 12.2. The molecule has 0 saturated carbocycles. The van der Waals surface area contributed by atoms with E-state index in [-0.39, 0.29) is 11.7 Å². The summed E-state index contributed by atoms with van der Waals surface area (Å²) in [4.78, 5) is 12.8. The molecule has 2 aromatic heterocycles. The summed E-state index contributed by atoms with van der Waals surface area (Å²) in [6.07, 6.45) is 0.730. The van der Waals surface area contributed by atoms with Crippen molar-refractivity contribution in [3.8, 4) is 11.8 Å². The van der Waals surface area contributed by atoms with Crippen LogP contribution in [0.3, 0.4) is 0 Å². The van der Waals surface area contributed by atoms with Gasteiger partial charge in [0.2, 0.25) is 0 Å². The molecule has 170 valence electrons. The molecule has 2 heterocycles. The number of benzene rings is 2. The van der Waals surface area contributed by atoms with E-state index in [1.807, 2.05) is 47.0 Å². The lowest BCUT2D eigenvalue weighted by molar-refractivity contribution is 0.0891. The summed E-state index contributed by atoms with van der Waals surface area (Å²) in [6, 6.07) is 19.6. The number of aromatic nitrogens is 2. The predicted molar refractivity (Wildman–Crippen MR) is 129 cm³/mol. The van der Waals surface area contributed by atoms with Crippen LogP contribution < -0.4 is 15.6 Å². The SMILES string of the molecule is COc1cccc(CCNCC(Cn2c3ccccc3n3c(=O)cc(C)c(C#N)c23)OC)c1. The number of ether oxygens (including phenoxy) is 2. The number of fused-ring (bicyclic) bond motifs is 3. The minimum absolute atomic E-state index is 0.137. The Morgan fingerprint density at radius 1 is 1.09 bits per heavy atom. The van der Waals surface area contributed by atoms with Crippen LogP contribution in [0.2, 0.25) is 0 Å². The molecule has 4 aromatic rings. The predicted octanol–water partition coefficient (Wildman–Crippen LogP) is 3.29. The van der Waals surface area contributed by atoms with E-state index in [0.29, 0.717) is 29.9 Å². The molecule has 0 radical (unpaired) electrons. The molecule has 2 aromatic carbocycles. The van der Waals surface area contributed by atoms with Gasteiger partial charge >= 0.3 is 0 Å². The smallest absolute Gasteiger partial charge is 0.257 e. The average Bonchev–Trinajstić information content (AvgIpc) is 3.15. The van der Waals surface area contributed by atoms with Crippen molar-refractivity contribution in [1.82, 2.24) is 14.3 Å². The minimum atomic E-state index is -0.142. The molecule has 1 atom stereocenters. The van der Waals surface area contributed by atoms with Crippen molar-refractivity contribution in [2.24, 2.45) is 0 Å². The lowest BCUT2D eigenvalue weighted by Crippen LogP contribution is -2.33. The van der Waals surface area contributed by atoms with Crippen molar-refractivity contribution in [2.75, 3.05) is 27.3 Å². The molecule has 7 heteroatoms. The number of methoxy groups -OCH3 is 2. The molecule has 0 aliphatic heterocycles. The monoisotopic (exact) mass is 444 g/mol. The first-order valence-electron chi connectivity index (χ1n) is 11.0. The zero-order valence-corrected chi connectivity index (χ0v) is 19.2. The van der Waals surface area contributed by atoms with E-state index in [2.05, 4.69) is 17.5 Å². The third-order valence-electron chi connectivity index (χ3n) is 5.99. The maximum atomic E-state index is 12.8. The van der Waals surface area contributed by atoms with Crippen LogP contribution in [0.25, 0.3) is 16.7 Å². The molecule has 0 aliphatic rings. The molecule has 1 unspecified atom stereocenters. The van der Waals surface area contributed by atoms with Crippen LogP contribution in [0.1, 0.15) is 16.7 Å². The first kappa shape index (κ1) is 22.6. The van der Waals surface area contributed by atoms with Crippen molar-refractivity contribution >= 4 is 16.7 Å². The van der Waals surface area contributed by atoms with Crippen LogP contribution in [-0.4, -0.2) is 42.4 Å². The number of para-hydroxylation sites is 2. The summed E-state index contributed by atoms with van der Waals surface area (Å²) in [5.74, 6) is 0.854. The molecule has 0 fully saturated rings. The summed E-state index contributed by atoms with van der Waals surface area (Å²) >= 11 is 0. The van der Waals surface area contributed by atoms with Gasteiger partial charge in [-0.3, -0.25) is 9.20 Å². The summed E-state index contributed by atoms with van der Waals surface area (Å²) in [5.41, 5.74) is 4.55. The van der Waals surface area contributed by atoms with Crippen LogP contribution in [0.15, 0.2) is 59.4 Å². The summed E-state index contributed by atoms with van der Waals surface area (Å²) < 4.78 is 14.7. The van der Waals surface area contributed by atoms with Gasteiger partial charge in [-0.05, 0) is 55.3 Å². The fourth-order valence-corrected chi connectivity index (χ4v) is 4.27. The molecule has 1 N–H and O–H groups in total. The van der Waals surface area contributed by atoms with Crippen LogP contribution >= 0.6 is 0 Å². The number of aryl methyl sites for hydroxylation is 1. The molecule has 33 heavy (non-hydrogen) atoms. The average molecular weight is 445 g/mol. The number of hydrogen-bond acceptors (Lipinski definition) is 5. The zero-order chi connectivity index (χ0) is 23.4. The largest absolute Gasteiger partial charge is 0.497 e. The van der Waals surface area contributed by atoms with E-state index in [1.54, 1.807) is 25.5 Å². The Morgan fingerprint density at radius 3 is 2.61 bits per heavy atom. The number of hydrogen-bond donors (Lipinski definition) is 1. The minimum Gasteiger partial charge on any atom is -0.497 e. The molecule has 0 amide bonds. The van der Waals surface area contributed by atoms with Gasteiger partial charge in [-0.2, -0.15) is 5.26 Å². The quantitative estimate of drug-likeness (QED) is 0.401. The van der Waals surface area contributed by atoms with Gasteiger partial charge in [0.1, 0.15) is 17.5 Å². The lowest BCUT2D eigenvalue weighted by Gasteiger charge is -2.18. The lowest BCUT2D eigenvalue weighted by atomic mass is 10.1. The van der Waals surface area contributed by atoms with Crippen LogP contribution in [0.4, 0.5) is 0 Å². The highest BCUT2D eigenvalue weighted by Crippen LogP contribution is 2.24. The Labute approximate surface area is 192 Å². The van der Waals surface area contributed by atoms with Crippen LogP contribution in [0.5, 0.6) is 5.75 Å². The van der Waals surface area contributed by atoms with Crippen LogP contribution in [-0.2, 0) is 17.7 Å². The molecule has 7 nitrogen and oxygen atoms in total. The molecule has 0 aliphatic carbocycles. The van der Waals surface area contributed by atoms with E-state index in [0.717, 1.165) is 29.7 Å². The van der Waals surface area contributed by atoms with Crippen molar-refractivity contribution in [2.45, 2.75) is 26.0 Å². The maximum Gasteiger partial charge on any atom is 0.257 e. The van der Waals surface area contributed by atoms with Gasteiger partial charge in [-0.15, -0.1) is 0 Å². The maximum absolute atomic E-state index is 12.8. The van der Waals surface area contributed by atoms with Crippen molar-refractivity contribution in [1.29, 1.82) is 5.26 Å². The first-order valence-corrected chi connectivity index (χ1v) is 11.0. The van der Waals surface area contributed by atoms with E-state index in [9.17, 15) is 10.1 Å². The summed E-state index contributed by atoms with van der Waals surface area (Å²) in [6.45, 7) is 3.74. The van der Waals surface area contributed by atoms with E-state index in [4.69, 9.17) is 9.47 Å². The van der Waals surface area contributed by atoms with Gasteiger partial charge < -0.3 is 19.4 Å². The number of nitrogens with one attached hydrogen (secondary N) is 1. The standard InChI is InChI=1S/C26H28N4O3/c1-18-13-25(31)30-24-10-5-4-9-23(24)29(26(30)22(18)15-27)17-21(33-3)16-28-12-11-19-7-6-8-20(14-19)32-2/h4-10,13-14,21,28H,11-12,16-17H2,1-3H3. The molecule has 0 spiro atoms. The van der Waals surface area contributed by atoms with Gasteiger partial charge in [0.15, 0.2) is 0 Å². The Balaban J connectivity index is 1.57. The van der Waals surface area contributed by atoms with Gasteiger partial charge in [0.05, 0.1) is 36.4 Å². The molecular weight excluding hydrogens is 416 g/mol. The van der Waals surface area contributed by atoms with Crippen molar-refractivity contribution < 1.29 is 9.47 Å². The number of pyridine rings is 1. The van der Waals surface area contributed by atoms with Crippen LogP contribution in [0, 0.1) is 18.3 Å². The Morgan fingerprint density at radius 2 is 1.88 bits per heavy atom. The zero-order valence-electron chi connectivity index (χ0n) is 19.2. The van der Waals surface area contributed by atoms with E-state index >= 15 is 0 Å². The number of nitriles is 1. The second kappa shape index (κ2) is 9.90. The van der Waals surface area contributed by atoms with Gasteiger partial charge in [0, 0.05) is 19.7 Å². The van der Waals surface area contributed by atoms with Gasteiger partial charge in [0.25, 0.3) is 5.56 Å². The number of rotatable bonds is 9. The second-order valence-corrected chi connectivity index (χ2v) is 8.07. The highest BCUT2D eigenvalue weighted by atomic mass is 16.5. The number of imidazole rings is 1. The summed E-state index contributed by atoms with van der Waals surface area (Å²) in [5, 5.41) is 13.3. The fraction of sp³-hybridized carbons (Fsp3) is 0.308.